The minimum Gasteiger partial charge on any atom is -0.461 e. The molecule has 28 heavy (non-hydrogen) atoms. The van der Waals surface area contributed by atoms with Crippen molar-refractivity contribution in [1.29, 1.82) is 0 Å². The Bertz CT molecular complexity index is 1130. The number of carbonyl (C=O) groups excluding carboxylic acids is 1. The first-order valence-electron chi connectivity index (χ1n) is 8.29. The molecule has 1 aliphatic heterocycles. The molecule has 0 radical (unpaired) electrons. The van der Waals surface area contributed by atoms with E-state index in [9.17, 15) is 4.79 Å². The highest BCUT2D eigenvalue weighted by molar-refractivity contribution is 5.88. The molecule has 140 valence electrons. The lowest BCUT2D eigenvalue weighted by atomic mass is 10.1. The molecule has 0 fully saturated rings. The van der Waals surface area contributed by atoms with Crippen LogP contribution in [0.2, 0.25) is 0 Å². The molecule has 0 saturated heterocycles. The van der Waals surface area contributed by atoms with Crippen LogP contribution in [0.15, 0.2) is 62.2 Å². The third-order valence-electron chi connectivity index (χ3n) is 4.05. The summed E-state index contributed by atoms with van der Waals surface area (Å²) in [5.74, 6) is 2.00. The Morgan fingerprint density at radius 2 is 1.86 bits per heavy atom. The van der Waals surface area contributed by atoms with Gasteiger partial charge < -0.3 is 27.7 Å². The summed E-state index contributed by atoms with van der Waals surface area (Å²) in [6.07, 6.45) is 1.50. The molecule has 9 nitrogen and oxygen atoms in total. The van der Waals surface area contributed by atoms with Crippen LogP contribution in [0.25, 0.3) is 22.8 Å². The molecule has 0 saturated carbocycles. The fraction of sp³-hybridized carbons (Fsp3) is 0.105. The minimum atomic E-state index is -0.644. The fourth-order valence-electron chi connectivity index (χ4n) is 2.69. The van der Waals surface area contributed by atoms with E-state index in [4.69, 9.17) is 27.7 Å². The van der Waals surface area contributed by atoms with Crippen LogP contribution in [0, 0.1) is 0 Å². The molecule has 1 aromatic carbocycles. The quantitative estimate of drug-likeness (QED) is 0.479. The molecular weight excluding hydrogens is 368 g/mol. The van der Waals surface area contributed by atoms with Crippen LogP contribution < -0.4 is 9.47 Å². The number of fused-ring (bicyclic) bond motifs is 1. The average Bonchev–Trinajstić information content (AvgIpc) is 3.51. The first kappa shape index (κ1) is 16.2. The Kier molecular flexibility index (Phi) is 3.82. The maximum absolute atomic E-state index is 12.1. The summed E-state index contributed by atoms with van der Waals surface area (Å²) in [6.45, 7) is 0.121. The predicted octanol–water partition coefficient (Wildman–Crippen LogP) is 3.68. The molecule has 0 amide bonds. The summed E-state index contributed by atoms with van der Waals surface area (Å²) in [4.78, 5) is 12.1. The molecule has 0 N–H and O–H groups in total. The summed E-state index contributed by atoms with van der Waals surface area (Å²) in [6, 6.07) is 11.9. The van der Waals surface area contributed by atoms with E-state index in [1.54, 1.807) is 30.3 Å². The maximum atomic E-state index is 12.1. The van der Waals surface area contributed by atoms with Crippen molar-refractivity contribution in [1.82, 2.24) is 10.3 Å². The van der Waals surface area contributed by atoms with Crippen molar-refractivity contribution in [3.05, 3.63) is 60.1 Å². The first-order chi connectivity index (χ1) is 13.8. The van der Waals surface area contributed by atoms with Crippen LogP contribution in [0.3, 0.4) is 0 Å². The molecular formula is C19H12N2O7. The van der Waals surface area contributed by atoms with E-state index in [1.807, 2.05) is 6.07 Å². The molecule has 4 aromatic rings. The lowest BCUT2D eigenvalue weighted by Gasteiger charge is -1.98. The van der Waals surface area contributed by atoms with Gasteiger partial charge in [-0.2, -0.15) is 0 Å². The molecule has 4 heterocycles. The Balaban J connectivity index is 1.24. The second-order valence-electron chi connectivity index (χ2n) is 5.88. The molecule has 5 rings (SSSR count). The molecule has 9 heteroatoms. The van der Waals surface area contributed by atoms with Crippen molar-refractivity contribution < 1.29 is 32.5 Å². The minimum absolute atomic E-state index is 0.0332. The number of benzene rings is 1. The summed E-state index contributed by atoms with van der Waals surface area (Å²) in [7, 11) is 0. The Labute approximate surface area is 157 Å². The van der Waals surface area contributed by atoms with Gasteiger partial charge in [0, 0.05) is 17.7 Å². The Hall–Kier alpha value is -4.01. The van der Waals surface area contributed by atoms with E-state index in [0.29, 0.717) is 34.5 Å². The van der Waals surface area contributed by atoms with Crippen LogP contribution in [0.5, 0.6) is 11.5 Å². The monoisotopic (exact) mass is 380 g/mol. The number of ether oxygens (including phenoxy) is 3. The molecule has 0 unspecified atom stereocenters. The lowest BCUT2D eigenvalue weighted by Crippen LogP contribution is -2.05. The van der Waals surface area contributed by atoms with Crippen LogP contribution in [0.1, 0.15) is 16.2 Å². The van der Waals surface area contributed by atoms with Gasteiger partial charge in [-0.1, -0.05) is 10.3 Å². The van der Waals surface area contributed by atoms with Crippen molar-refractivity contribution in [3.8, 4) is 34.3 Å². The lowest BCUT2D eigenvalue weighted by molar-refractivity contribution is 0.0452. The highest BCUT2D eigenvalue weighted by Crippen LogP contribution is 2.36. The number of furan rings is 1. The fourth-order valence-corrected chi connectivity index (χ4v) is 2.69. The van der Waals surface area contributed by atoms with E-state index < -0.39 is 5.97 Å². The van der Waals surface area contributed by atoms with Gasteiger partial charge in [-0.25, -0.2) is 4.79 Å². The van der Waals surface area contributed by atoms with Crippen LogP contribution >= 0.6 is 0 Å². The number of nitrogens with zero attached hydrogens (tertiary/aromatic N) is 2. The zero-order valence-corrected chi connectivity index (χ0v) is 14.3. The third-order valence-corrected chi connectivity index (χ3v) is 4.05. The van der Waals surface area contributed by atoms with Crippen molar-refractivity contribution in [2.45, 2.75) is 6.61 Å². The van der Waals surface area contributed by atoms with Crippen LogP contribution in [-0.2, 0) is 11.3 Å². The number of carbonyl (C=O) groups is 1. The molecule has 0 bridgehead atoms. The summed E-state index contributed by atoms with van der Waals surface area (Å²) >= 11 is 0. The topological polar surface area (TPSA) is 110 Å². The van der Waals surface area contributed by atoms with Crippen LogP contribution in [0.4, 0.5) is 0 Å². The second-order valence-corrected chi connectivity index (χ2v) is 5.88. The zero-order chi connectivity index (χ0) is 18.9. The van der Waals surface area contributed by atoms with E-state index in [-0.39, 0.29) is 19.1 Å². The standard InChI is InChI=1S/C19H12N2O7/c22-19(13-8-18(28-21-13)14-2-1-5-23-14)24-9-12-7-16(27-20-12)11-3-4-15-17(6-11)26-10-25-15/h1-8H,9-10H2. The normalized spacial score (nSPS) is 12.3. The van der Waals surface area contributed by atoms with Crippen molar-refractivity contribution in [2.24, 2.45) is 0 Å². The number of hydrogen-bond donors (Lipinski definition) is 0. The third kappa shape index (κ3) is 2.98. The Morgan fingerprint density at radius 3 is 2.75 bits per heavy atom. The number of hydrogen-bond acceptors (Lipinski definition) is 9. The van der Waals surface area contributed by atoms with Gasteiger partial charge in [0.2, 0.25) is 12.6 Å². The van der Waals surface area contributed by atoms with E-state index in [2.05, 4.69) is 10.3 Å². The van der Waals surface area contributed by atoms with Gasteiger partial charge in [-0.3, -0.25) is 0 Å². The maximum Gasteiger partial charge on any atom is 0.360 e. The van der Waals surface area contributed by atoms with Gasteiger partial charge in [-0.15, -0.1) is 0 Å². The Morgan fingerprint density at radius 1 is 0.964 bits per heavy atom. The predicted molar refractivity (Wildman–Crippen MR) is 91.4 cm³/mol. The molecule has 1 aliphatic rings. The smallest absolute Gasteiger partial charge is 0.360 e. The van der Waals surface area contributed by atoms with Crippen molar-refractivity contribution in [3.63, 3.8) is 0 Å². The van der Waals surface area contributed by atoms with Crippen molar-refractivity contribution in [2.75, 3.05) is 6.79 Å². The van der Waals surface area contributed by atoms with Gasteiger partial charge in [-0.05, 0) is 30.3 Å². The van der Waals surface area contributed by atoms with E-state index in [1.165, 1.54) is 12.3 Å². The highest BCUT2D eigenvalue weighted by Gasteiger charge is 2.19. The first-order valence-corrected chi connectivity index (χ1v) is 8.29. The van der Waals surface area contributed by atoms with E-state index in [0.717, 1.165) is 5.56 Å². The largest absolute Gasteiger partial charge is 0.461 e. The van der Waals surface area contributed by atoms with E-state index >= 15 is 0 Å². The van der Waals surface area contributed by atoms with Gasteiger partial charge in [0.05, 0.1) is 6.26 Å². The second kappa shape index (κ2) is 6.62. The number of rotatable bonds is 5. The molecule has 0 atom stereocenters. The van der Waals surface area contributed by atoms with Gasteiger partial charge in [0.1, 0.15) is 12.3 Å². The average molecular weight is 380 g/mol. The zero-order valence-electron chi connectivity index (χ0n) is 14.3. The summed E-state index contributed by atoms with van der Waals surface area (Å²) in [5, 5.41) is 7.61. The molecule has 0 aliphatic carbocycles. The summed E-state index contributed by atoms with van der Waals surface area (Å²) < 4.78 is 31.4. The SMILES string of the molecule is O=C(OCc1cc(-c2ccc3c(c2)OCO3)on1)c1cc(-c2ccco2)on1. The van der Waals surface area contributed by atoms with Crippen LogP contribution in [-0.4, -0.2) is 23.1 Å². The molecule has 3 aromatic heterocycles. The van der Waals surface area contributed by atoms with Crippen molar-refractivity contribution >= 4 is 5.97 Å². The van der Waals surface area contributed by atoms with Gasteiger partial charge in [0.25, 0.3) is 0 Å². The van der Waals surface area contributed by atoms with Gasteiger partial charge in [0.15, 0.2) is 28.7 Å². The highest BCUT2D eigenvalue weighted by atomic mass is 16.7. The summed E-state index contributed by atoms with van der Waals surface area (Å²) in [5.41, 5.74) is 1.26. The number of aromatic nitrogens is 2. The number of esters is 1. The van der Waals surface area contributed by atoms with Gasteiger partial charge >= 0.3 is 5.97 Å². The molecule has 0 spiro atoms.